The van der Waals surface area contributed by atoms with E-state index in [-0.39, 0.29) is 17.7 Å². The van der Waals surface area contributed by atoms with Crippen LogP contribution in [0.1, 0.15) is 24.4 Å². The molecule has 1 fully saturated rings. The number of likely N-dealkylation sites (tertiary alicyclic amines) is 1. The van der Waals surface area contributed by atoms with Gasteiger partial charge in [0.2, 0.25) is 11.8 Å². The molecule has 1 aromatic carbocycles. The number of benzene rings is 1. The molecule has 2 amide bonds. The average molecular weight is 307 g/mol. The Bertz CT molecular complexity index is 562. The topological polar surface area (TPSA) is 66.6 Å². The maximum Gasteiger partial charge on any atom is 0.244 e. The van der Waals surface area contributed by atoms with Gasteiger partial charge >= 0.3 is 0 Å². The van der Waals surface area contributed by atoms with Crippen molar-refractivity contribution in [1.82, 2.24) is 9.80 Å². The lowest BCUT2D eigenvalue weighted by atomic mass is 9.95. The molecular formula is C16H22FN3O2. The normalized spacial score (nSPS) is 20.0. The van der Waals surface area contributed by atoms with Gasteiger partial charge in [-0.25, -0.2) is 4.39 Å². The van der Waals surface area contributed by atoms with Gasteiger partial charge in [0.15, 0.2) is 0 Å². The predicted octanol–water partition coefficient (Wildman–Crippen LogP) is 1.15. The number of rotatable bonds is 4. The summed E-state index contributed by atoms with van der Waals surface area (Å²) < 4.78 is 14.1. The maximum atomic E-state index is 14.1. The van der Waals surface area contributed by atoms with Gasteiger partial charge in [0.25, 0.3) is 0 Å². The third-order valence-electron chi connectivity index (χ3n) is 4.09. The zero-order valence-corrected chi connectivity index (χ0v) is 13.0. The van der Waals surface area contributed by atoms with Crippen molar-refractivity contribution in [2.24, 2.45) is 11.7 Å². The van der Waals surface area contributed by atoms with Crippen LogP contribution in [0.3, 0.4) is 0 Å². The summed E-state index contributed by atoms with van der Waals surface area (Å²) in [6, 6.07) is 5.58. The van der Waals surface area contributed by atoms with Crippen LogP contribution in [-0.2, 0) is 9.59 Å². The number of primary amides is 1. The van der Waals surface area contributed by atoms with E-state index in [0.29, 0.717) is 25.1 Å². The molecule has 6 heteroatoms. The highest BCUT2D eigenvalue weighted by Gasteiger charge is 2.33. The number of halogens is 1. The molecule has 1 aliphatic rings. The molecule has 2 atom stereocenters. The van der Waals surface area contributed by atoms with Crippen molar-refractivity contribution in [2.45, 2.75) is 18.9 Å². The van der Waals surface area contributed by atoms with Crippen LogP contribution >= 0.6 is 0 Å². The van der Waals surface area contributed by atoms with Gasteiger partial charge in [-0.1, -0.05) is 18.2 Å². The molecule has 22 heavy (non-hydrogen) atoms. The Morgan fingerprint density at radius 3 is 2.64 bits per heavy atom. The van der Waals surface area contributed by atoms with E-state index < -0.39 is 11.9 Å². The minimum Gasteiger partial charge on any atom is -0.369 e. The standard InChI is InChI=1S/C16H22FN3O2/c1-19(2)14(12-7-3-4-8-13(12)17)16(22)20-9-5-6-11(10-20)15(18)21/h3-4,7-8,11,14H,5-6,9-10H2,1-2H3,(H2,18,21)/t11-,14+/m1/s1. The van der Waals surface area contributed by atoms with Crippen LogP contribution in [0.2, 0.25) is 0 Å². The SMILES string of the molecule is CN(C)[C@H](C(=O)N1CCC[C@@H](C(N)=O)C1)c1ccccc1F. The van der Waals surface area contributed by atoms with Gasteiger partial charge in [-0.2, -0.15) is 0 Å². The van der Waals surface area contributed by atoms with E-state index >= 15 is 0 Å². The Morgan fingerprint density at radius 2 is 2.05 bits per heavy atom. The molecule has 1 heterocycles. The van der Waals surface area contributed by atoms with Crippen molar-refractivity contribution < 1.29 is 14.0 Å². The Hall–Kier alpha value is -1.95. The van der Waals surface area contributed by atoms with Crippen LogP contribution in [0.4, 0.5) is 4.39 Å². The number of nitrogens with two attached hydrogens (primary N) is 1. The Kier molecular flexibility index (Phi) is 5.13. The third kappa shape index (κ3) is 3.44. The fourth-order valence-electron chi connectivity index (χ4n) is 2.91. The van der Waals surface area contributed by atoms with Crippen molar-refractivity contribution >= 4 is 11.8 Å². The molecule has 0 aliphatic carbocycles. The first kappa shape index (κ1) is 16.4. The molecule has 0 saturated carbocycles. The van der Waals surface area contributed by atoms with Crippen molar-refractivity contribution in [2.75, 3.05) is 27.2 Å². The lowest BCUT2D eigenvalue weighted by Crippen LogP contribution is -2.48. The minimum atomic E-state index is -0.701. The van der Waals surface area contributed by atoms with E-state index in [1.165, 1.54) is 6.07 Å². The summed E-state index contributed by atoms with van der Waals surface area (Å²) >= 11 is 0. The van der Waals surface area contributed by atoms with Crippen LogP contribution in [0.15, 0.2) is 24.3 Å². The van der Waals surface area contributed by atoms with Gasteiger partial charge in [-0.15, -0.1) is 0 Å². The number of nitrogens with zero attached hydrogens (tertiary/aromatic N) is 2. The summed E-state index contributed by atoms with van der Waals surface area (Å²) in [5, 5.41) is 0. The predicted molar refractivity (Wildman–Crippen MR) is 81.3 cm³/mol. The lowest BCUT2D eigenvalue weighted by Gasteiger charge is -2.35. The van der Waals surface area contributed by atoms with E-state index in [9.17, 15) is 14.0 Å². The summed E-state index contributed by atoms with van der Waals surface area (Å²) in [7, 11) is 3.48. The molecule has 0 bridgehead atoms. The first-order valence-corrected chi connectivity index (χ1v) is 7.40. The van der Waals surface area contributed by atoms with Gasteiger partial charge in [-0.05, 0) is 33.0 Å². The number of likely N-dealkylation sites (N-methyl/N-ethyl adjacent to an activating group) is 1. The number of carbonyl (C=O) groups excluding carboxylic acids is 2. The van der Waals surface area contributed by atoms with Gasteiger partial charge < -0.3 is 10.6 Å². The molecule has 120 valence electrons. The molecule has 1 aromatic rings. The fourth-order valence-corrected chi connectivity index (χ4v) is 2.91. The molecule has 2 N–H and O–H groups in total. The first-order valence-electron chi connectivity index (χ1n) is 7.40. The summed E-state index contributed by atoms with van der Waals surface area (Å²) in [4.78, 5) is 27.5. The monoisotopic (exact) mass is 307 g/mol. The second-order valence-electron chi connectivity index (χ2n) is 5.91. The Balaban J connectivity index is 2.24. The van der Waals surface area contributed by atoms with Gasteiger partial charge in [0.05, 0.1) is 5.92 Å². The van der Waals surface area contributed by atoms with Crippen molar-refractivity contribution in [3.05, 3.63) is 35.6 Å². The average Bonchev–Trinajstić information content (AvgIpc) is 2.49. The second kappa shape index (κ2) is 6.87. The van der Waals surface area contributed by atoms with Crippen molar-refractivity contribution in [1.29, 1.82) is 0 Å². The first-order chi connectivity index (χ1) is 10.4. The van der Waals surface area contributed by atoms with E-state index in [1.807, 2.05) is 0 Å². The molecule has 5 nitrogen and oxygen atoms in total. The van der Waals surface area contributed by atoms with Crippen molar-refractivity contribution in [3.63, 3.8) is 0 Å². The number of carbonyl (C=O) groups is 2. The van der Waals surface area contributed by atoms with Crippen LogP contribution < -0.4 is 5.73 Å². The van der Waals surface area contributed by atoms with Crippen LogP contribution in [0.5, 0.6) is 0 Å². The van der Waals surface area contributed by atoms with Crippen LogP contribution in [-0.4, -0.2) is 48.8 Å². The second-order valence-corrected chi connectivity index (χ2v) is 5.91. The van der Waals surface area contributed by atoms with E-state index in [2.05, 4.69) is 0 Å². The van der Waals surface area contributed by atoms with Gasteiger partial charge in [-0.3, -0.25) is 14.5 Å². The number of amides is 2. The van der Waals surface area contributed by atoms with Crippen LogP contribution in [0, 0.1) is 11.7 Å². The van der Waals surface area contributed by atoms with Gasteiger partial charge in [0, 0.05) is 18.7 Å². The minimum absolute atomic E-state index is 0.193. The highest BCUT2D eigenvalue weighted by molar-refractivity contribution is 5.84. The maximum absolute atomic E-state index is 14.1. The van der Waals surface area contributed by atoms with E-state index in [1.54, 1.807) is 42.1 Å². The smallest absolute Gasteiger partial charge is 0.244 e. The quantitative estimate of drug-likeness (QED) is 0.907. The van der Waals surface area contributed by atoms with Crippen LogP contribution in [0.25, 0.3) is 0 Å². The van der Waals surface area contributed by atoms with Gasteiger partial charge in [0.1, 0.15) is 11.9 Å². The summed E-state index contributed by atoms with van der Waals surface area (Å²) in [6.07, 6.45) is 1.43. The number of hydrogen-bond donors (Lipinski definition) is 1. The lowest BCUT2D eigenvalue weighted by molar-refractivity contribution is -0.139. The fraction of sp³-hybridized carbons (Fsp3) is 0.500. The number of piperidine rings is 1. The molecule has 0 spiro atoms. The van der Waals surface area contributed by atoms with E-state index in [0.717, 1.165) is 6.42 Å². The molecule has 1 aliphatic heterocycles. The highest BCUT2D eigenvalue weighted by Crippen LogP contribution is 2.26. The molecule has 2 rings (SSSR count). The summed E-state index contributed by atoms with van der Waals surface area (Å²) in [5.74, 6) is -1.30. The number of hydrogen-bond acceptors (Lipinski definition) is 3. The van der Waals surface area contributed by atoms with Crippen molar-refractivity contribution in [3.8, 4) is 0 Å². The molecule has 1 saturated heterocycles. The summed E-state index contributed by atoms with van der Waals surface area (Å²) in [6.45, 7) is 0.883. The zero-order valence-electron chi connectivity index (χ0n) is 13.0. The molecule has 0 unspecified atom stereocenters. The Labute approximate surface area is 129 Å². The third-order valence-corrected chi connectivity index (χ3v) is 4.09. The highest BCUT2D eigenvalue weighted by atomic mass is 19.1. The molecule has 0 aromatic heterocycles. The van der Waals surface area contributed by atoms with E-state index in [4.69, 9.17) is 5.73 Å². The molecule has 0 radical (unpaired) electrons. The largest absolute Gasteiger partial charge is 0.369 e. The summed E-state index contributed by atoms with van der Waals surface area (Å²) in [5.41, 5.74) is 5.70. The molecular weight excluding hydrogens is 285 g/mol. The Morgan fingerprint density at radius 1 is 1.36 bits per heavy atom. The zero-order chi connectivity index (χ0) is 16.3.